The Morgan fingerprint density at radius 3 is 2.67 bits per heavy atom. The van der Waals surface area contributed by atoms with E-state index in [4.69, 9.17) is 4.74 Å². The lowest BCUT2D eigenvalue weighted by Crippen LogP contribution is -2.23. The lowest BCUT2D eigenvalue weighted by molar-refractivity contribution is 0.0136. The van der Waals surface area contributed by atoms with Crippen molar-refractivity contribution in [3.63, 3.8) is 0 Å². The molecular weight excluding hydrogens is 220 g/mol. The van der Waals surface area contributed by atoms with Gasteiger partial charge in [-0.25, -0.2) is 0 Å². The summed E-state index contributed by atoms with van der Waals surface area (Å²) in [6.07, 6.45) is 6.80. The van der Waals surface area contributed by atoms with Gasteiger partial charge >= 0.3 is 0 Å². The molecule has 2 rings (SSSR count). The second-order valence-corrected chi connectivity index (χ2v) is 5.84. The van der Waals surface area contributed by atoms with Gasteiger partial charge in [0.1, 0.15) is 0 Å². The highest BCUT2D eigenvalue weighted by Gasteiger charge is 2.29. The van der Waals surface area contributed by atoms with E-state index < -0.39 is 0 Å². The smallest absolute Gasteiger partial charge is 0.0605 e. The second kappa shape index (κ2) is 6.94. The van der Waals surface area contributed by atoms with Gasteiger partial charge in [-0.05, 0) is 43.1 Å². The molecule has 0 saturated heterocycles. The highest BCUT2D eigenvalue weighted by atomic mass is 16.5. The van der Waals surface area contributed by atoms with Crippen LogP contribution in [0.1, 0.15) is 45.1 Å². The number of aryl methyl sites for hydroxylation is 1. The molecule has 1 aromatic carbocycles. The van der Waals surface area contributed by atoms with Gasteiger partial charge < -0.3 is 4.74 Å². The normalized spacial score (nSPS) is 23.7. The van der Waals surface area contributed by atoms with Crippen LogP contribution in [-0.4, -0.2) is 12.7 Å². The predicted molar refractivity (Wildman–Crippen MR) is 76.7 cm³/mol. The lowest BCUT2D eigenvalue weighted by Gasteiger charge is -2.23. The summed E-state index contributed by atoms with van der Waals surface area (Å²) in [4.78, 5) is 0. The number of ether oxygens (including phenoxy) is 1. The van der Waals surface area contributed by atoms with Gasteiger partial charge in [0.2, 0.25) is 0 Å². The Labute approximate surface area is 112 Å². The molecule has 1 aliphatic rings. The summed E-state index contributed by atoms with van der Waals surface area (Å²) in [7, 11) is 0. The van der Waals surface area contributed by atoms with Gasteiger partial charge in [0.05, 0.1) is 6.10 Å². The van der Waals surface area contributed by atoms with Crippen molar-refractivity contribution in [2.45, 2.75) is 52.1 Å². The van der Waals surface area contributed by atoms with Crippen LogP contribution >= 0.6 is 0 Å². The van der Waals surface area contributed by atoms with Crippen LogP contribution in [0.4, 0.5) is 0 Å². The topological polar surface area (TPSA) is 9.23 Å². The van der Waals surface area contributed by atoms with E-state index in [2.05, 4.69) is 44.2 Å². The summed E-state index contributed by atoms with van der Waals surface area (Å²) in [5.74, 6) is 1.56. The molecule has 1 fully saturated rings. The monoisotopic (exact) mass is 246 g/mol. The van der Waals surface area contributed by atoms with Gasteiger partial charge in [-0.3, -0.25) is 0 Å². The number of benzene rings is 1. The van der Waals surface area contributed by atoms with Crippen molar-refractivity contribution in [2.75, 3.05) is 6.61 Å². The van der Waals surface area contributed by atoms with Crippen LogP contribution < -0.4 is 0 Å². The molecule has 0 amide bonds. The Balaban J connectivity index is 1.66. The molecule has 1 aromatic rings. The summed E-state index contributed by atoms with van der Waals surface area (Å²) in [5, 5.41) is 0. The summed E-state index contributed by atoms with van der Waals surface area (Å²) in [5.41, 5.74) is 1.42. The fourth-order valence-electron chi connectivity index (χ4n) is 3.08. The SMILES string of the molecule is CC(C)C1CCCC1OCCCc1ccccc1. The van der Waals surface area contributed by atoms with Crippen LogP contribution in [0.25, 0.3) is 0 Å². The van der Waals surface area contributed by atoms with Crippen LogP contribution in [0.15, 0.2) is 30.3 Å². The van der Waals surface area contributed by atoms with Gasteiger partial charge in [-0.15, -0.1) is 0 Å². The highest BCUT2D eigenvalue weighted by molar-refractivity contribution is 5.14. The molecule has 0 radical (unpaired) electrons. The zero-order chi connectivity index (χ0) is 12.8. The van der Waals surface area contributed by atoms with E-state index in [9.17, 15) is 0 Å². The van der Waals surface area contributed by atoms with Gasteiger partial charge in [-0.1, -0.05) is 50.6 Å². The number of hydrogen-bond acceptors (Lipinski definition) is 1. The first-order valence-corrected chi connectivity index (χ1v) is 7.43. The van der Waals surface area contributed by atoms with Crippen molar-refractivity contribution < 1.29 is 4.74 Å². The molecule has 0 bridgehead atoms. The van der Waals surface area contributed by atoms with Crippen LogP contribution in [0, 0.1) is 11.8 Å². The van der Waals surface area contributed by atoms with Crippen LogP contribution in [0.3, 0.4) is 0 Å². The van der Waals surface area contributed by atoms with E-state index in [1.807, 2.05) is 0 Å². The average Bonchev–Trinajstić information content (AvgIpc) is 2.84. The molecule has 0 heterocycles. The van der Waals surface area contributed by atoms with E-state index in [0.29, 0.717) is 6.10 Å². The Morgan fingerprint density at radius 2 is 1.94 bits per heavy atom. The standard InChI is InChI=1S/C17H26O/c1-14(2)16-11-6-12-17(16)18-13-7-10-15-8-4-3-5-9-15/h3-5,8-9,14,16-17H,6-7,10-13H2,1-2H3. The first-order valence-electron chi connectivity index (χ1n) is 7.43. The summed E-state index contributed by atoms with van der Waals surface area (Å²) in [6, 6.07) is 10.7. The van der Waals surface area contributed by atoms with Gasteiger partial charge in [0, 0.05) is 6.61 Å². The molecule has 0 spiro atoms. The average molecular weight is 246 g/mol. The van der Waals surface area contributed by atoms with Crippen molar-refractivity contribution in [3.8, 4) is 0 Å². The van der Waals surface area contributed by atoms with Crippen molar-refractivity contribution in [2.24, 2.45) is 11.8 Å². The molecule has 1 heteroatoms. The molecular formula is C17H26O. The molecule has 1 saturated carbocycles. The maximum atomic E-state index is 6.10. The third-order valence-electron chi connectivity index (χ3n) is 4.14. The van der Waals surface area contributed by atoms with Gasteiger partial charge in [-0.2, -0.15) is 0 Å². The van der Waals surface area contributed by atoms with Crippen molar-refractivity contribution in [3.05, 3.63) is 35.9 Å². The minimum absolute atomic E-state index is 0.528. The maximum Gasteiger partial charge on any atom is 0.0605 e. The van der Waals surface area contributed by atoms with Crippen LogP contribution in [0.2, 0.25) is 0 Å². The quantitative estimate of drug-likeness (QED) is 0.673. The molecule has 0 aliphatic heterocycles. The van der Waals surface area contributed by atoms with E-state index in [1.54, 1.807) is 0 Å². The molecule has 100 valence electrons. The molecule has 1 nitrogen and oxygen atoms in total. The summed E-state index contributed by atoms with van der Waals surface area (Å²) >= 11 is 0. The second-order valence-electron chi connectivity index (χ2n) is 5.84. The number of rotatable bonds is 6. The first-order chi connectivity index (χ1) is 8.77. The Morgan fingerprint density at radius 1 is 1.17 bits per heavy atom. The minimum atomic E-state index is 0.528. The van der Waals surface area contributed by atoms with E-state index in [1.165, 1.54) is 24.8 Å². The van der Waals surface area contributed by atoms with Crippen molar-refractivity contribution in [1.82, 2.24) is 0 Å². The van der Waals surface area contributed by atoms with Crippen LogP contribution in [-0.2, 0) is 11.2 Å². The Bertz CT molecular complexity index is 331. The summed E-state index contributed by atoms with van der Waals surface area (Å²) < 4.78 is 6.10. The van der Waals surface area contributed by atoms with Gasteiger partial charge in [0.25, 0.3) is 0 Å². The summed E-state index contributed by atoms with van der Waals surface area (Å²) in [6.45, 7) is 5.58. The third-order valence-corrected chi connectivity index (χ3v) is 4.14. The largest absolute Gasteiger partial charge is 0.378 e. The molecule has 2 atom stereocenters. The predicted octanol–water partition coefficient (Wildman–Crippen LogP) is 4.46. The highest BCUT2D eigenvalue weighted by Crippen LogP contribution is 2.33. The van der Waals surface area contributed by atoms with E-state index in [-0.39, 0.29) is 0 Å². The molecule has 2 unspecified atom stereocenters. The Kier molecular flexibility index (Phi) is 5.25. The number of hydrogen-bond donors (Lipinski definition) is 0. The first kappa shape index (κ1) is 13.6. The van der Waals surface area contributed by atoms with Crippen molar-refractivity contribution >= 4 is 0 Å². The van der Waals surface area contributed by atoms with E-state index in [0.717, 1.165) is 31.3 Å². The molecule has 18 heavy (non-hydrogen) atoms. The molecule has 1 aliphatic carbocycles. The van der Waals surface area contributed by atoms with Crippen molar-refractivity contribution in [1.29, 1.82) is 0 Å². The van der Waals surface area contributed by atoms with E-state index >= 15 is 0 Å². The molecule has 0 aromatic heterocycles. The Hall–Kier alpha value is -0.820. The zero-order valence-electron chi connectivity index (χ0n) is 11.8. The molecule has 0 N–H and O–H groups in total. The van der Waals surface area contributed by atoms with Gasteiger partial charge in [0.15, 0.2) is 0 Å². The maximum absolute atomic E-state index is 6.10. The minimum Gasteiger partial charge on any atom is -0.378 e. The lowest BCUT2D eigenvalue weighted by atomic mass is 9.92. The zero-order valence-corrected chi connectivity index (χ0v) is 11.8. The fraction of sp³-hybridized carbons (Fsp3) is 0.647. The fourth-order valence-corrected chi connectivity index (χ4v) is 3.08. The third kappa shape index (κ3) is 3.84. The van der Waals surface area contributed by atoms with Crippen LogP contribution in [0.5, 0.6) is 0 Å².